The lowest BCUT2D eigenvalue weighted by Gasteiger charge is -2.66. The summed E-state index contributed by atoms with van der Waals surface area (Å²) < 4.78 is 0. The maximum absolute atomic E-state index is 11.7. The van der Waals surface area contributed by atoms with Gasteiger partial charge in [-0.1, -0.05) is 48.5 Å². The lowest BCUT2D eigenvalue weighted by molar-refractivity contribution is -0.283. The van der Waals surface area contributed by atoms with Crippen LogP contribution in [0.5, 0.6) is 0 Å². The highest BCUT2D eigenvalue weighted by atomic mass is 16.3. The molecule has 0 bridgehead atoms. The zero-order chi connectivity index (χ0) is 25.0. The SMILES string of the molecule is CC(C)C(C)C1(C)CC1C(C)C1CCC2C3CC(O)C4(O)CC(O)CCC4(C)C3C(O)CC12C. The molecule has 0 aromatic heterocycles. The zero-order valence-electron chi connectivity index (χ0n) is 22.8. The van der Waals surface area contributed by atoms with Crippen molar-refractivity contribution in [2.45, 2.75) is 124 Å². The number of hydrogen-bond acceptors (Lipinski definition) is 4. The van der Waals surface area contributed by atoms with Gasteiger partial charge in [0.2, 0.25) is 0 Å². The normalized spacial score (nSPS) is 58.6. The summed E-state index contributed by atoms with van der Waals surface area (Å²) in [5.74, 6) is 4.27. The van der Waals surface area contributed by atoms with Gasteiger partial charge in [0.05, 0.1) is 23.9 Å². The minimum atomic E-state index is -1.30. The van der Waals surface area contributed by atoms with E-state index in [1.54, 1.807) is 0 Å². The second-order valence-corrected chi connectivity index (χ2v) is 15.0. The number of fused-ring (bicyclic) bond motifs is 5. The summed E-state index contributed by atoms with van der Waals surface area (Å²) in [5, 5.41) is 45.1. The third-order valence-electron chi connectivity index (χ3n) is 13.5. The van der Waals surface area contributed by atoms with E-state index in [-0.39, 0.29) is 23.7 Å². The zero-order valence-corrected chi connectivity index (χ0v) is 22.8. The molecule has 0 radical (unpaired) electrons. The first kappa shape index (κ1) is 25.5. The van der Waals surface area contributed by atoms with Crippen molar-refractivity contribution >= 4 is 0 Å². The van der Waals surface area contributed by atoms with Crippen molar-refractivity contribution in [3.05, 3.63) is 0 Å². The van der Waals surface area contributed by atoms with Gasteiger partial charge in [-0.2, -0.15) is 0 Å². The first-order chi connectivity index (χ1) is 15.7. The quantitative estimate of drug-likeness (QED) is 0.459. The standard InChI is InChI=1S/C30H52O4/c1-16(2)18(4)27(5)14-23(27)17(3)21-8-9-22-20-12-25(33)30(34)13-19(31)10-11-29(30,7)26(20)24(32)15-28(21,22)6/h16-26,31-34H,8-15H2,1-7H3. The van der Waals surface area contributed by atoms with Crippen LogP contribution in [-0.2, 0) is 0 Å². The van der Waals surface area contributed by atoms with Gasteiger partial charge in [0, 0.05) is 11.8 Å². The molecular weight excluding hydrogens is 424 g/mol. The third kappa shape index (κ3) is 3.23. The molecule has 4 nitrogen and oxygen atoms in total. The topological polar surface area (TPSA) is 80.9 Å². The Morgan fingerprint density at radius 1 is 0.824 bits per heavy atom. The van der Waals surface area contributed by atoms with Crippen molar-refractivity contribution in [1.82, 2.24) is 0 Å². The molecule has 5 fully saturated rings. The van der Waals surface area contributed by atoms with Crippen LogP contribution in [0.25, 0.3) is 0 Å². The van der Waals surface area contributed by atoms with E-state index in [1.165, 1.54) is 19.3 Å². The highest BCUT2D eigenvalue weighted by Gasteiger charge is 2.70. The first-order valence-electron chi connectivity index (χ1n) is 14.5. The molecule has 5 saturated carbocycles. The summed E-state index contributed by atoms with van der Waals surface area (Å²) >= 11 is 0. The van der Waals surface area contributed by atoms with Crippen molar-refractivity contribution in [2.24, 2.45) is 63.6 Å². The molecule has 0 aliphatic heterocycles. The summed E-state index contributed by atoms with van der Waals surface area (Å²) in [7, 11) is 0. The van der Waals surface area contributed by atoms with E-state index in [9.17, 15) is 20.4 Å². The van der Waals surface area contributed by atoms with Crippen LogP contribution in [0.3, 0.4) is 0 Å². The van der Waals surface area contributed by atoms with Crippen LogP contribution in [0.15, 0.2) is 0 Å². The summed E-state index contributed by atoms with van der Waals surface area (Å²) in [5.41, 5.74) is -1.29. The van der Waals surface area contributed by atoms with Gasteiger partial charge in [-0.25, -0.2) is 0 Å². The number of hydrogen-bond donors (Lipinski definition) is 4. The van der Waals surface area contributed by atoms with Crippen LogP contribution in [0.1, 0.15) is 99.8 Å². The molecule has 4 N–H and O–H groups in total. The second-order valence-electron chi connectivity index (χ2n) is 15.0. The van der Waals surface area contributed by atoms with Crippen LogP contribution in [-0.4, -0.2) is 44.3 Å². The fraction of sp³-hybridized carbons (Fsp3) is 1.00. The van der Waals surface area contributed by atoms with Crippen molar-refractivity contribution in [3.63, 3.8) is 0 Å². The molecule has 34 heavy (non-hydrogen) atoms. The van der Waals surface area contributed by atoms with E-state index < -0.39 is 29.3 Å². The molecule has 0 aromatic carbocycles. The molecule has 5 rings (SSSR count). The van der Waals surface area contributed by atoms with Gasteiger partial charge in [0.25, 0.3) is 0 Å². The average Bonchev–Trinajstić information content (AvgIpc) is 3.32. The molecule has 0 heterocycles. The highest BCUT2D eigenvalue weighted by molar-refractivity contribution is 5.19. The maximum atomic E-state index is 11.7. The van der Waals surface area contributed by atoms with Crippen molar-refractivity contribution in [2.75, 3.05) is 0 Å². The van der Waals surface area contributed by atoms with Crippen LogP contribution in [0.2, 0.25) is 0 Å². The Balaban J connectivity index is 1.41. The molecular formula is C30H52O4. The molecule has 5 aliphatic carbocycles. The van der Waals surface area contributed by atoms with Gasteiger partial charge >= 0.3 is 0 Å². The molecule has 14 atom stereocenters. The minimum absolute atomic E-state index is 0.00712. The van der Waals surface area contributed by atoms with Crippen molar-refractivity contribution in [1.29, 1.82) is 0 Å². The molecule has 5 aliphatic rings. The third-order valence-corrected chi connectivity index (χ3v) is 13.5. The van der Waals surface area contributed by atoms with Crippen LogP contribution < -0.4 is 0 Å². The Labute approximate surface area is 207 Å². The van der Waals surface area contributed by atoms with E-state index in [0.717, 1.165) is 18.3 Å². The fourth-order valence-corrected chi connectivity index (χ4v) is 11.1. The van der Waals surface area contributed by atoms with E-state index in [0.29, 0.717) is 48.3 Å². The summed E-state index contributed by atoms with van der Waals surface area (Å²) in [6.45, 7) is 16.7. The fourth-order valence-electron chi connectivity index (χ4n) is 11.1. The van der Waals surface area contributed by atoms with E-state index in [1.807, 2.05) is 0 Å². The maximum Gasteiger partial charge on any atom is 0.0986 e. The van der Waals surface area contributed by atoms with Crippen LogP contribution >= 0.6 is 0 Å². The van der Waals surface area contributed by atoms with E-state index in [2.05, 4.69) is 48.5 Å². The highest BCUT2D eigenvalue weighted by Crippen LogP contribution is 2.72. The Morgan fingerprint density at radius 3 is 2.15 bits per heavy atom. The summed E-state index contributed by atoms with van der Waals surface area (Å²) in [6.07, 6.45) is 4.87. The van der Waals surface area contributed by atoms with Gasteiger partial charge in [-0.15, -0.1) is 0 Å². The smallest absolute Gasteiger partial charge is 0.0986 e. The molecule has 0 saturated heterocycles. The average molecular weight is 477 g/mol. The molecule has 0 spiro atoms. The molecule has 4 heteroatoms. The predicted octanol–water partition coefficient (Wildman–Crippen LogP) is 5.02. The summed E-state index contributed by atoms with van der Waals surface area (Å²) in [6, 6.07) is 0. The lowest BCUT2D eigenvalue weighted by atomic mass is 9.41. The predicted molar refractivity (Wildman–Crippen MR) is 135 cm³/mol. The monoisotopic (exact) mass is 476 g/mol. The molecule has 14 unspecified atom stereocenters. The van der Waals surface area contributed by atoms with Crippen molar-refractivity contribution < 1.29 is 20.4 Å². The van der Waals surface area contributed by atoms with Crippen LogP contribution in [0, 0.1) is 63.6 Å². The number of aliphatic hydroxyl groups excluding tert-OH is 3. The number of rotatable bonds is 4. The van der Waals surface area contributed by atoms with Gasteiger partial charge in [0.15, 0.2) is 0 Å². The Morgan fingerprint density at radius 2 is 1.50 bits per heavy atom. The Kier molecular flexibility index (Phi) is 5.94. The van der Waals surface area contributed by atoms with Gasteiger partial charge in [-0.05, 0) is 103 Å². The van der Waals surface area contributed by atoms with Gasteiger partial charge in [-0.3, -0.25) is 0 Å². The Bertz CT molecular complexity index is 799. The van der Waals surface area contributed by atoms with Gasteiger partial charge < -0.3 is 20.4 Å². The second kappa shape index (κ2) is 7.92. The van der Waals surface area contributed by atoms with Crippen LogP contribution in [0.4, 0.5) is 0 Å². The molecule has 0 amide bonds. The molecule has 196 valence electrons. The van der Waals surface area contributed by atoms with E-state index in [4.69, 9.17) is 0 Å². The molecule has 0 aromatic rings. The van der Waals surface area contributed by atoms with Gasteiger partial charge in [0.1, 0.15) is 0 Å². The minimum Gasteiger partial charge on any atom is -0.393 e. The lowest BCUT2D eigenvalue weighted by Crippen LogP contribution is -2.71. The summed E-state index contributed by atoms with van der Waals surface area (Å²) in [4.78, 5) is 0. The Hall–Kier alpha value is -0.160. The number of aliphatic hydroxyl groups is 4. The first-order valence-corrected chi connectivity index (χ1v) is 14.5. The van der Waals surface area contributed by atoms with Crippen molar-refractivity contribution in [3.8, 4) is 0 Å². The largest absolute Gasteiger partial charge is 0.393 e. The van der Waals surface area contributed by atoms with E-state index >= 15 is 0 Å².